The Morgan fingerprint density at radius 1 is 1.44 bits per heavy atom. The first-order valence-corrected chi connectivity index (χ1v) is 5.67. The van der Waals surface area contributed by atoms with Gasteiger partial charge in [-0.1, -0.05) is 20.8 Å². The fraction of sp³-hybridized carbons (Fsp3) is 0.583. The van der Waals surface area contributed by atoms with Crippen LogP contribution in [-0.2, 0) is 16.6 Å². The van der Waals surface area contributed by atoms with E-state index < -0.39 is 23.2 Å². The van der Waals surface area contributed by atoms with Crippen molar-refractivity contribution in [3.8, 4) is 0 Å². The maximum atomic E-state index is 12.0. The van der Waals surface area contributed by atoms with Gasteiger partial charge in [-0.05, 0) is 12.3 Å². The van der Waals surface area contributed by atoms with Gasteiger partial charge in [0.25, 0.3) is 0 Å². The second-order valence-corrected chi connectivity index (χ2v) is 5.43. The van der Waals surface area contributed by atoms with Gasteiger partial charge in [0, 0.05) is 13.2 Å². The molecule has 0 fully saturated rings. The molecule has 2 N–H and O–H groups in total. The number of carbonyl (C=O) groups is 2. The first-order valence-electron chi connectivity index (χ1n) is 5.67. The Morgan fingerprint density at radius 2 is 2.00 bits per heavy atom. The van der Waals surface area contributed by atoms with E-state index >= 15 is 0 Å². The van der Waals surface area contributed by atoms with Gasteiger partial charge in [0.2, 0.25) is 5.91 Å². The van der Waals surface area contributed by atoms with E-state index in [9.17, 15) is 9.59 Å². The molecule has 1 atom stereocenters. The normalized spacial score (nSPS) is 13.2. The number of aromatic nitrogens is 2. The third kappa shape index (κ3) is 3.09. The Bertz CT molecular complexity index is 471. The number of carbonyl (C=O) groups excluding carboxylic acids is 1. The summed E-state index contributed by atoms with van der Waals surface area (Å²) < 4.78 is 1.57. The largest absolute Gasteiger partial charge is 0.481 e. The minimum absolute atomic E-state index is 0.522. The van der Waals surface area contributed by atoms with Gasteiger partial charge in [0.15, 0.2) is 0 Å². The standard InChI is InChI=1S/C12H19N3O3/c1-7-8(6-15(5)14-7)13-10(16)9(11(17)18)12(2,3)4/h6,9H,1-5H3,(H,13,16)(H,17,18). The molecule has 0 radical (unpaired) electrons. The van der Waals surface area contributed by atoms with Crippen molar-refractivity contribution in [2.24, 2.45) is 18.4 Å². The molecule has 1 aromatic heterocycles. The number of amides is 1. The molecule has 0 saturated carbocycles. The van der Waals surface area contributed by atoms with Crippen LogP contribution in [-0.4, -0.2) is 26.8 Å². The third-order valence-corrected chi connectivity index (χ3v) is 2.65. The summed E-state index contributed by atoms with van der Waals surface area (Å²) in [5.74, 6) is -2.75. The Kier molecular flexibility index (Phi) is 3.79. The van der Waals surface area contributed by atoms with Gasteiger partial charge in [-0.25, -0.2) is 0 Å². The van der Waals surface area contributed by atoms with E-state index in [1.165, 1.54) is 0 Å². The lowest BCUT2D eigenvalue weighted by Gasteiger charge is -2.25. The van der Waals surface area contributed by atoms with Crippen molar-refractivity contribution < 1.29 is 14.7 Å². The van der Waals surface area contributed by atoms with Crippen molar-refractivity contribution in [2.75, 3.05) is 5.32 Å². The highest BCUT2D eigenvalue weighted by atomic mass is 16.4. The molecule has 1 unspecified atom stereocenters. The van der Waals surface area contributed by atoms with Crippen LogP contribution in [0.15, 0.2) is 6.20 Å². The smallest absolute Gasteiger partial charge is 0.316 e. The fourth-order valence-corrected chi connectivity index (χ4v) is 1.80. The summed E-state index contributed by atoms with van der Waals surface area (Å²) in [6.45, 7) is 6.92. The number of aliphatic carboxylic acids is 1. The average molecular weight is 253 g/mol. The van der Waals surface area contributed by atoms with Crippen LogP contribution in [0.25, 0.3) is 0 Å². The highest BCUT2D eigenvalue weighted by Crippen LogP contribution is 2.27. The summed E-state index contributed by atoms with van der Waals surface area (Å²) in [5.41, 5.74) is 0.549. The lowest BCUT2D eigenvalue weighted by atomic mass is 9.80. The Labute approximate surface area is 106 Å². The SMILES string of the molecule is Cc1nn(C)cc1NC(=O)C(C(=O)O)C(C)(C)C. The summed E-state index contributed by atoms with van der Waals surface area (Å²) in [7, 11) is 1.74. The summed E-state index contributed by atoms with van der Waals surface area (Å²) in [6, 6.07) is 0. The van der Waals surface area contributed by atoms with Gasteiger partial charge in [0.1, 0.15) is 5.92 Å². The van der Waals surface area contributed by atoms with E-state index in [4.69, 9.17) is 5.11 Å². The maximum Gasteiger partial charge on any atom is 0.316 e. The lowest BCUT2D eigenvalue weighted by Crippen LogP contribution is -2.39. The van der Waals surface area contributed by atoms with Crippen molar-refractivity contribution >= 4 is 17.6 Å². The molecule has 1 heterocycles. The number of carboxylic acid groups (broad SMARTS) is 1. The van der Waals surface area contributed by atoms with E-state index in [0.717, 1.165) is 0 Å². The average Bonchev–Trinajstić information content (AvgIpc) is 2.41. The number of hydrogen-bond donors (Lipinski definition) is 2. The number of aryl methyl sites for hydroxylation is 2. The van der Waals surface area contributed by atoms with Crippen LogP contribution in [0.1, 0.15) is 26.5 Å². The third-order valence-electron chi connectivity index (χ3n) is 2.65. The molecule has 0 spiro atoms. The molecule has 0 saturated heterocycles. The van der Waals surface area contributed by atoms with Crippen LogP contribution in [0.4, 0.5) is 5.69 Å². The predicted molar refractivity (Wildman–Crippen MR) is 67.2 cm³/mol. The van der Waals surface area contributed by atoms with E-state index in [1.54, 1.807) is 45.6 Å². The van der Waals surface area contributed by atoms with E-state index in [2.05, 4.69) is 10.4 Å². The number of rotatable bonds is 3. The van der Waals surface area contributed by atoms with Gasteiger partial charge in [-0.3, -0.25) is 14.3 Å². The molecule has 6 heteroatoms. The van der Waals surface area contributed by atoms with Gasteiger partial charge in [-0.15, -0.1) is 0 Å². The molecule has 0 aliphatic heterocycles. The maximum absolute atomic E-state index is 12.0. The van der Waals surface area contributed by atoms with E-state index in [1.807, 2.05) is 0 Å². The fourth-order valence-electron chi connectivity index (χ4n) is 1.80. The Hall–Kier alpha value is -1.85. The molecule has 18 heavy (non-hydrogen) atoms. The van der Waals surface area contributed by atoms with Crippen LogP contribution >= 0.6 is 0 Å². The molecule has 0 bridgehead atoms. The zero-order valence-corrected chi connectivity index (χ0v) is 11.3. The highest BCUT2D eigenvalue weighted by Gasteiger charge is 2.37. The monoisotopic (exact) mass is 253 g/mol. The molecule has 0 aliphatic rings. The van der Waals surface area contributed by atoms with Crippen LogP contribution < -0.4 is 5.32 Å². The minimum Gasteiger partial charge on any atom is -0.481 e. The zero-order valence-electron chi connectivity index (χ0n) is 11.3. The first kappa shape index (κ1) is 14.2. The van der Waals surface area contributed by atoms with Crippen LogP contribution in [0.3, 0.4) is 0 Å². The summed E-state index contributed by atoms with van der Waals surface area (Å²) in [6.07, 6.45) is 1.65. The highest BCUT2D eigenvalue weighted by molar-refractivity contribution is 6.05. The zero-order chi connectivity index (χ0) is 14.1. The number of nitrogens with zero attached hydrogens (tertiary/aromatic N) is 2. The van der Waals surface area contributed by atoms with Gasteiger partial charge in [0.05, 0.1) is 11.4 Å². The number of carboxylic acids is 1. The second kappa shape index (κ2) is 4.80. The molecule has 1 aromatic rings. The van der Waals surface area contributed by atoms with Crippen molar-refractivity contribution in [3.63, 3.8) is 0 Å². The van der Waals surface area contributed by atoms with Crippen LogP contribution in [0, 0.1) is 18.3 Å². The quantitative estimate of drug-likeness (QED) is 0.798. The van der Waals surface area contributed by atoms with Crippen molar-refractivity contribution in [2.45, 2.75) is 27.7 Å². The lowest BCUT2D eigenvalue weighted by molar-refractivity contribution is -0.149. The van der Waals surface area contributed by atoms with Crippen LogP contribution in [0.2, 0.25) is 0 Å². The topological polar surface area (TPSA) is 84.2 Å². The van der Waals surface area contributed by atoms with Gasteiger partial charge >= 0.3 is 5.97 Å². The summed E-state index contributed by atoms with van der Waals surface area (Å²) in [5, 5.41) is 15.9. The molecule has 0 aromatic carbocycles. The summed E-state index contributed by atoms with van der Waals surface area (Å²) >= 11 is 0. The molecular formula is C12H19N3O3. The Morgan fingerprint density at radius 3 is 2.33 bits per heavy atom. The van der Waals surface area contributed by atoms with Crippen LogP contribution in [0.5, 0.6) is 0 Å². The Balaban J connectivity index is 2.93. The minimum atomic E-state index is -1.12. The molecule has 6 nitrogen and oxygen atoms in total. The predicted octanol–water partition coefficient (Wildman–Crippen LogP) is 1.41. The van der Waals surface area contributed by atoms with Crippen molar-refractivity contribution in [3.05, 3.63) is 11.9 Å². The number of hydrogen-bond acceptors (Lipinski definition) is 3. The molecule has 1 amide bonds. The first-order chi connectivity index (χ1) is 8.12. The van der Waals surface area contributed by atoms with Gasteiger partial charge in [-0.2, -0.15) is 5.10 Å². The second-order valence-electron chi connectivity index (χ2n) is 5.43. The molecule has 1 rings (SSSR count). The molecule has 0 aliphatic carbocycles. The van der Waals surface area contributed by atoms with E-state index in [0.29, 0.717) is 11.4 Å². The van der Waals surface area contributed by atoms with Gasteiger partial charge < -0.3 is 10.4 Å². The van der Waals surface area contributed by atoms with E-state index in [-0.39, 0.29) is 0 Å². The molecule has 100 valence electrons. The van der Waals surface area contributed by atoms with Crippen molar-refractivity contribution in [1.82, 2.24) is 9.78 Å². The number of nitrogens with one attached hydrogen (secondary N) is 1. The summed E-state index contributed by atoms with van der Waals surface area (Å²) in [4.78, 5) is 23.2. The molecular weight excluding hydrogens is 234 g/mol. The number of anilines is 1. The van der Waals surface area contributed by atoms with Crippen molar-refractivity contribution in [1.29, 1.82) is 0 Å².